The molecule has 12 nitrogen and oxygen atoms in total. The second kappa shape index (κ2) is 82.0. The van der Waals surface area contributed by atoms with E-state index in [-0.39, 0.29) is 0 Å². The first-order valence-corrected chi connectivity index (χ1v) is 50.7. The fourth-order valence-electron chi connectivity index (χ4n) is 15.8. The molecule has 2 atom stereocenters. The lowest BCUT2D eigenvalue weighted by Gasteiger charge is -2.21. The summed E-state index contributed by atoms with van der Waals surface area (Å²) in [5, 5.41) is 9.04. The first-order valence-electron chi connectivity index (χ1n) is 50.7. The van der Waals surface area contributed by atoms with Gasteiger partial charge in [0.1, 0.15) is 12.1 Å². The van der Waals surface area contributed by atoms with Crippen molar-refractivity contribution in [2.45, 2.75) is 530 Å². The first-order chi connectivity index (χ1) is 56.6. The Bertz CT molecular complexity index is 2370. The molecule has 0 aliphatic carbocycles. The Balaban J connectivity index is 2.40. The summed E-state index contributed by atoms with van der Waals surface area (Å²) in [5.41, 5.74) is 0.836. The Morgan fingerprint density at radius 3 is 0.609 bits per heavy atom. The molecule has 3 amide bonds. The van der Waals surface area contributed by atoms with Crippen LogP contribution in [0, 0.1) is 0 Å². The van der Waals surface area contributed by atoms with Gasteiger partial charge in [-0.1, -0.05) is 465 Å². The Kier molecular flexibility index (Phi) is 76.1. The molecule has 0 saturated heterocycles. The monoisotopic (exact) mass is 1610 g/mol. The van der Waals surface area contributed by atoms with Crippen molar-refractivity contribution in [3.8, 4) is 34.5 Å². The molecule has 115 heavy (non-hydrogen) atoms. The van der Waals surface area contributed by atoms with E-state index < -0.39 is 29.8 Å². The van der Waals surface area contributed by atoms with Crippen LogP contribution in [0.3, 0.4) is 0 Å². The van der Waals surface area contributed by atoms with Crippen molar-refractivity contribution in [2.75, 3.05) is 45.0 Å². The minimum atomic E-state index is -0.984. The van der Waals surface area contributed by atoms with Gasteiger partial charge >= 0.3 is 0 Å². The lowest BCUT2D eigenvalue weighted by atomic mass is 10.1. The molecule has 0 unspecified atom stereocenters. The van der Waals surface area contributed by atoms with Crippen molar-refractivity contribution >= 4 is 23.4 Å². The number of hydrogen-bond acceptors (Lipinski definition) is 9. The zero-order valence-electron chi connectivity index (χ0n) is 77.3. The molecule has 0 heterocycles. The Hall–Kier alpha value is -4.35. The predicted octanol–water partition coefficient (Wildman–Crippen LogP) is 32.4. The number of anilines is 1. The van der Waals surface area contributed by atoms with Gasteiger partial charge in [-0.2, -0.15) is 0 Å². The number of rotatable bonds is 90. The molecular weight excluding hydrogens is 1420 g/mol. The summed E-state index contributed by atoms with van der Waals surface area (Å²) in [5.74, 6) is 1.94. The molecule has 12 heteroatoms. The molecule has 0 aliphatic heterocycles. The molecule has 0 aromatic heterocycles. The van der Waals surface area contributed by atoms with Crippen LogP contribution in [0.5, 0.6) is 34.5 Å². The van der Waals surface area contributed by atoms with Crippen LogP contribution in [0.25, 0.3) is 0 Å². The van der Waals surface area contributed by atoms with Gasteiger partial charge in [-0.3, -0.25) is 14.4 Å². The summed E-state index contributed by atoms with van der Waals surface area (Å²) in [6.07, 6.45) is 90.6. The quantitative estimate of drug-likeness (QED) is 0.0552. The summed E-state index contributed by atoms with van der Waals surface area (Å²) in [4.78, 5) is 43.3. The smallest absolute Gasteiger partial charge is 0.252 e. The third-order valence-corrected chi connectivity index (χ3v) is 23.6. The summed E-state index contributed by atoms with van der Waals surface area (Å²) in [6.45, 7) is 20.2. The lowest BCUT2D eigenvalue weighted by molar-refractivity contribution is -0.127. The van der Waals surface area contributed by atoms with Crippen LogP contribution in [0.1, 0.15) is 528 Å². The summed E-state index contributed by atoms with van der Waals surface area (Å²) in [6, 6.07) is 5.34. The van der Waals surface area contributed by atoms with Crippen molar-refractivity contribution in [2.24, 2.45) is 0 Å². The van der Waals surface area contributed by atoms with E-state index >= 15 is 0 Å². The van der Waals surface area contributed by atoms with Gasteiger partial charge in [0.05, 0.1) is 39.6 Å². The Morgan fingerprint density at radius 1 is 0.226 bits per heavy atom. The van der Waals surface area contributed by atoms with Crippen molar-refractivity contribution in [1.82, 2.24) is 10.6 Å². The third kappa shape index (κ3) is 63.3. The molecule has 2 rings (SSSR count). The van der Waals surface area contributed by atoms with Crippen LogP contribution in [0.15, 0.2) is 24.3 Å². The summed E-state index contributed by atoms with van der Waals surface area (Å²) < 4.78 is 40.2. The number of benzene rings is 2. The third-order valence-electron chi connectivity index (χ3n) is 23.6. The zero-order valence-corrected chi connectivity index (χ0v) is 77.3. The molecule has 0 radical (unpaired) electrons. The molecule has 0 aliphatic rings. The molecule has 2 aromatic carbocycles. The largest absolute Gasteiger partial charge is 0.490 e. The predicted molar refractivity (Wildman–Crippen MR) is 495 cm³/mol. The Labute approximate surface area is 712 Å². The average molecular weight is 1610 g/mol. The van der Waals surface area contributed by atoms with Crippen LogP contribution < -0.4 is 44.4 Å². The summed E-state index contributed by atoms with van der Waals surface area (Å²) >= 11 is 0. The van der Waals surface area contributed by atoms with E-state index in [1.807, 2.05) is 12.1 Å². The number of amides is 3. The number of carbonyl (C=O) groups is 3. The van der Waals surface area contributed by atoms with Crippen LogP contribution in [-0.4, -0.2) is 69.4 Å². The lowest BCUT2D eigenvalue weighted by Crippen LogP contribution is -2.50. The van der Waals surface area contributed by atoms with E-state index in [0.29, 0.717) is 85.4 Å². The highest BCUT2D eigenvalue weighted by molar-refractivity contribution is 6.01. The fourth-order valence-corrected chi connectivity index (χ4v) is 15.8. The van der Waals surface area contributed by atoms with Crippen molar-refractivity contribution in [3.63, 3.8) is 0 Å². The van der Waals surface area contributed by atoms with Crippen molar-refractivity contribution in [3.05, 3.63) is 29.8 Å². The van der Waals surface area contributed by atoms with Gasteiger partial charge in [-0.15, -0.1) is 0 Å². The minimum Gasteiger partial charge on any atom is -0.490 e. The van der Waals surface area contributed by atoms with E-state index in [1.165, 1.54) is 385 Å². The van der Waals surface area contributed by atoms with Gasteiger partial charge in [-0.25, -0.2) is 0 Å². The molecule has 0 spiro atoms. The SMILES string of the molecule is CCCCCCCCCCCCCCOc1cc(NC(=O)[C@@H](C)NC(=O)[C@@H](C)NC(=O)c2cc(OCCCCCCCCCCCCCC)c(OCCCCCCCCCCCCCC)c(OCCCCCCCCCCCCCC)c2)cc(OCCCCCCCCCCCCCC)c1OCCCCCCCCCCCCCC. The van der Waals surface area contributed by atoms with E-state index in [4.69, 9.17) is 28.4 Å². The Morgan fingerprint density at radius 2 is 0.400 bits per heavy atom. The van der Waals surface area contributed by atoms with Crippen molar-refractivity contribution in [1.29, 1.82) is 0 Å². The molecule has 0 bridgehead atoms. The van der Waals surface area contributed by atoms with Gasteiger partial charge < -0.3 is 44.4 Å². The van der Waals surface area contributed by atoms with Crippen LogP contribution >= 0.6 is 0 Å². The normalized spacial score (nSPS) is 12.0. The number of hydrogen-bond donors (Lipinski definition) is 3. The van der Waals surface area contributed by atoms with Gasteiger partial charge in [0, 0.05) is 23.4 Å². The minimum absolute atomic E-state index is 0.327. The molecular formula is C103H189N3O9. The molecule has 2 aromatic rings. The van der Waals surface area contributed by atoms with Crippen molar-refractivity contribution < 1.29 is 42.8 Å². The van der Waals surface area contributed by atoms with E-state index in [9.17, 15) is 14.4 Å². The number of carbonyl (C=O) groups excluding carboxylic acids is 3. The zero-order chi connectivity index (χ0) is 82.9. The topological polar surface area (TPSA) is 143 Å². The van der Waals surface area contributed by atoms with E-state index in [2.05, 4.69) is 57.5 Å². The second-order valence-corrected chi connectivity index (χ2v) is 34.9. The highest BCUT2D eigenvalue weighted by atomic mass is 16.5. The van der Waals surface area contributed by atoms with Crippen LogP contribution in [-0.2, 0) is 9.59 Å². The average Bonchev–Trinajstić information content (AvgIpc) is 0.817. The number of ether oxygens (including phenoxy) is 6. The summed E-state index contributed by atoms with van der Waals surface area (Å²) in [7, 11) is 0. The van der Waals surface area contributed by atoms with Gasteiger partial charge in [0.25, 0.3) is 5.91 Å². The molecule has 0 saturated carbocycles. The molecule has 3 N–H and O–H groups in total. The highest BCUT2D eigenvalue weighted by Gasteiger charge is 2.26. The standard InChI is InChI=1S/C103H189N3O9/c1-9-15-21-27-33-39-45-51-57-63-69-75-81-110-95-87-93(88-96(111-82-76-70-64-58-52-46-40-34-28-22-16-10-2)99(95)114-85-79-73-67-61-55-49-43-37-31-25-19-13-5)103(109)105-91(7)101(107)104-92(8)102(108)106-94-89-97(112-83-77-71-65-59-53-47-41-35-29-23-17-11-3)100(115-86-80-74-68-62-56-50-44-38-32-26-20-14-6)98(90-94)113-84-78-72-66-60-54-48-42-36-30-24-18-12-4/h87-92H,9-86H2,1-8H3,(H,104,107)(H,105,109)(H,106,108)/t91-,92-/m1/s1. The maximum Gasteiger partial charge on any atom is 0.252 e. The van der Waals surface area contributed by atoms with Crippen LogP contribution in [0.4, 0.5) is 5.69 Å². The maximum atomic E-state index is 14.6. The van der Waals surface area contributed by atoms with E-state index in [1.54, 1.807) is 26.0 Å². The van der Waals surface area contributed by atoms with Crippen LogP contribution in [0.2, 0.25) is 0 Å². The highest BCUT2D eigenvalue weighted by Crippen LogP contribution is 2.43. The fraction of sp³-hybridized carbons (Fsp3) is 0.854. The number of nitrogens with one attached hydrogen (secondary N) is 3. The first kappa shape index (κ1) is 107. The maximum absolute atomic E-state index is 14.6. The molecule has 670 valence electrons. The van der Waals surface area contributed by atoms with Gasteiger partial charge in [-0.05, 0) is 64.5 Å². The molecule has 0 fully saturated rings. The number of unbranched alkanes of at least 4 members (excludes halogenated alkanes) is 66. The van der Waals surface area contributed by atoms with Gasteiger partial charge in [0.2, 0.25) is 23.3 Å². The second-order valence-electron chi connectivity index (χ2n) is 34.9. The van der Waals surface area contributed by atoms with Gasteiger partial charge in [0.15, 0.2) is 23.0 Å². The van der Waals surface area contributed by atoms with E-state index in [0.717, 1.165) is 77.0 Å².